The average Bonchev–Trinajstić information content (AvgIpc) is 2.70. The normalized spacial score (nSPS) is 15.5. The van der Waals surface area contributed by atoms with Crippen LogP contribution in [0.2, 0.25) is 5.02 Å². The molecular formula is C21H22ClN3O2. The van der Waals surface area contributed by atoms with Gasteiger partial charge in [0.15, 0.2) is 0 Å². The standard InChI is InChI=1S/C21H22ClN3O2/c1-15(16-5-3-2-4-6-16)13-20(26)25-11-9-17(10-12-25)21(27)24-19-8-7-18(22)14-23-19/h2-8,13-14,17H,9-12H2,1H3,(H,23,24,27)/b15-13+. The summed E-state index contributed by atoms with van der Waals surface area (Å²) in [4.78, 5) is 30.8. The van der Waals surface area contributed by atoms with Gasteiger partial charge in [0.1, 0.15) is 5.82 Å². The number of rotatable bonds is 4. The van der Waals surface area contributed by atoms with Gasteiger partial charge in [-0.3, -0.25) is 9.59 Å². The molecule has 1 N–H and O–H groups in total. The Morgan fingerprint density at radius 3 is 2.48 bits per heavy atom. The number of anilines is 1. The van der Waals surface area contributed by atoms with Gasteiger partial charge in [-0.15, -0.1) is 0 Å². The molecule has 0 unspecified atom stereocenters. The lowest BCUT2D eigenvalue weighted by Gasteiger charge is -2.30. The highest BCUT2D eigenvalue weighted by Crippen LogP contribution is 2.21. The van der Waals surface area contributed by atoms with Gasteiger partial charge in [-0.25, -0.2) is 4.98 Å². The lowest BCUT2D eigenvalue weighted by atomic mass is 9.95. The third-order valence-corrected chi connectivity index (χ3v) is 4.95. The number of piperidine rings is 1. The number of nitrogens with one attached hydrogen (secondary N) is 1. The van der Waals surface area contributed by atoms with E-state index in [-0.39, 0.29) is 17.7 Å². The first-order valence-corrected chi connectivity index (χ1v) is 9.36. The number of allylic oxidation sites excluding steroid dienone is 1. The predicted molar refractivity (Wildman–Crippen MR) is 107 cm³/mol. The molecule has 0 radical (unpaired) electrons. The summed E-state index contributed by atoms with van der Waals surface area (Å²) in [5.74, 6) is 0.303. The Bertz CT molecular complexity index is 826. The maximum Gasteiger partial charge on any atom is 0.246 e. The fraction of sp³-hybridized carbons (Fsp3) is 0.286. The van der Waals surface area contributed by atoms with Gasteiger partial charge in [-0.05, 0) is 43.0 Å². The molecule has 1 saturated heterocycles. The van der Waals surface area contributed by atoms with Gasteiger partial charge in [-0.1, -0.05) is 41.9 Å². The summed E-state index contributed by atoms with van der Waals surface area (Å²) >= 11 is 5.80. The van der Waals surface area contributed by atoms with Gasteiger partial charge in [-0.2, -0.15) is 0 Å². The second-order valence-corrected chi connectivity index (χ2v) is 7.08. The van der Waals surface area contributed by atoms with Crippen LogP contribution in [-0.2, 0) is 9.59 Å². The molecule has 2 amide bonds. The minimum absolute atomic E-state index is 0.00502. The van der Waals surface area contributed by atoms with Crippen LogP contribution in [0.5, 0.6) is 0 Å². The van der Waals surface area contributed by atoms with E-state index in [2.05, 4.69) is 10.3 Å². The first-order valence-electron chi connectivity index (χ1n) is 8.98. The van der Waals surface area contributed by atoms with E-state index in [1.165, 1.54) is 6.20 Å². The second-order valence-electron chi connectivity index (χ2n) is 6.64. The lowest BCUT2D eigenvalue weighted by molar-refractivity contribution is -0.130. The maximum atomic E-state index is 12.5. The van der Waals surface area contributed by atoms with Gasteiger partial charge < -0.3 is 10.2 Å². The summed E-state index contributed by atoms with van der Waals surface area (Å²) in [5.41, 5.74) is 1.98. The van der Waals surface area contributed by atoms with Crippen molar-refractivity contribution < 1.29 is 9.59 Å². The minimum atomic E-state index is -0.120. The molecule has 1 aromatic carbocycles. The van der Waals surface area contributed by atoms with Crippen LogP contribution in [-0.4, -0.2) is 34.8 Å². The zero-order valence-corrected chi connectivity index (χ0v) is 15.9. The summed E-state index contributed by atoms with van der Waals surface area (Å²) in [6.07, 6.45) is 4.46. The van der Waals surface area contributed by atoms with Gasteiger partial charge in [0, 0.05) is 31.3 Å². The monoisotopic (exact) mass is 383 g/mol. The topological polar surface area (TPSA) is 62.3 Å². The quantitative estimate of drug-likeness (QED) is 0.811. The van der Waals surface area contributed by atoms with Crippen molar-refractivity contribution in [3.8, 4) is 0 Å². The average molecular weight is 384 g/mol. The molecule has 1 aliphatic heterocycles. The van der Waals surface area contributed by atoms with E-state index in [1.807, 2.05) is 37.3 Å². The molecular weight excluding hydrogens is 362 g/mol. The summed E-state index contributed by atoms with van der Waals surface area (Å²) in [5, 5.41) is 3.34. The number of carbonyl (C=O) groups excluding carboxylic acids is 2. The van der Waals surface area contributed by atoms with Gasteiger partial charge in [0.05, 0.1) is 5.02 Å². The van der Waals surface area contributed by atoms with E-state index in [0.717, 1.165) is 11.1 Å². The highest BCUT2D eigenvalue weighted by atomic mass is 35.5. The molecule has 1 fully saturated rings. The second kappa shape index (κ2) is 8.82. The van der Waals surface area contributed by atoms with Crippen LogP contribution < -0.4 is 5.32 Å². The molecule has 2 heterocycles. The highest BCUT2D eigenvalue weighted by molar-refractivity contribution is 6.30. The largest absolute Gasteiger partial charge is 0.339 e. The van der Waals surface area contributed by atoms with Crippen LogP contribution in [0.4, 0.5) is 5.82 Å². The molecule has 1 aliphatic rings. The third-order valence-electron chi connectivity index (χ3n) is 4.73. The van der Waals surface area contributed by atoms with E-state index in [1.54, 1.807) is 23.1 Å². The molecule has 0 bridgehead atoms. The fourth-order valence-electron chi connectivity index (χ4n) is 3.10. The van der Waals surface area contributed by atoms with E-state index in [9.17, 15) is 9.59 Å². The summed E-state index contributed by atoms with van der Waals surface area (Å²) in [6, 6.07) is 13.2. The number of likely N-dealkylation sites (tertiary alicyclic amines) is 1. The number of pyridine rings is 1. The molecule has 0 saturated carbocycles. The number of hydrogen-bond acceptors (Lipinski definition) is 3. The Morgan fingerprint density at radius 1 is 1.15 bits per heavy atom. The third kappa shape index (κ3) is 5.17. The van der Waals surface area contributed by atoms with E-state index in [0.29, 0.717) is 36.8 Å². The van der Waals surface area contributed by atoms with Crippen LogP contribution in [0.25, 0.3) is 5.57 Å². The zero-order chi connectivity index (χ0) is 19.2. The van der Waals surface area contributed by atoms with Crippen molar-refractivity contribution in [3.63, 3.8) is 0 Å². The van der Waals surface area contributed by atoms with Crippen molar-refractivity contribution in [2.45, 2.75) is 19.8 Å². The Hall–Kier alpha value is -2.66. The molecule has 5 nitrogen and oxygen atoms in total. The molecule has 27 heavy (non-hydrogen) atoms. The van der Waals surface area contributed by atoms with Crippen LogP contribution in [0.1, 0.15) is 25.3 Å². The van der Waals surface area contributed by atoms with Crippen molar-refractivity contribution in [2.75, 3.05) is 18.4 Å². The lowest BCUT2D eigenvalue weighted by Crippen LogP contribution is -2.40. The molecule has 0 spiro atoms. The zero-order valence-electron chi connectivity index (χ0n) is 15.2. The van der Waals surface area contributed by atoms with E-state index >= 15 is 0 Å². The molecule has 0 aliphatic carbocycles. The summed E-state index contributed by atoms with van der Waals surface area (Å²) in [6.45, 7) is 3.08. The summed E-state index contributed by atoms with van der Waals surface area (Å²) < 4.78 is 0. The Balaban J connectivity index is 1.53. The number of hydrogen-bond donors (Lipinski definition) is 1. The Labute approximate surface area is 164 Å². The van der Waals surface area contributed by atoms with Crippen LogP contribution in [0.15, 0.2) is 54.7 Å². The Kier molecular flexibility index (Phi) is 6.24. The molecule has 6 heteroatoms. The van der Waals surface area contributed by atoms with E-state index < -0.39 is 0 Å². The molecule has 3 rings (SSSR count). The van der Waals surface area contributed by atoms with Crippen molar-refractivity contribution in [3.05, 3.63) is 65.3 Å². The molecule has 1 aromatic heterocycles. The van der Waals surface area contributed by atoms with E-state index in [4.69, 9.17) is 11.6 Å². The van der Waals surface area contributed by atoms with Crippen LogP contribution in [0, 0.1) is 5.92 Å². The number of nitrogens with zero attached hydrogens (tertiary/aromatic N) is 2. The number of amides is 2. The smallest absolute Gasteiger partial charge is 0.246 e. The van der Waals surface area contributed by atoms with Crippen molar-refractivity contribution in [2.24, 2.45) is 5.92 Å². The van der Waals surface area contributed by atoms with Gasteiger partial charge >= 0.3 is 0 Å². The molecule has 2 aromatic rings. The van der Waals surface area contributed by atoms with Crippen molar-refractivity contribution in [1.29, 1.82) is 0 Å². The highest BCUT2D eigenvalue weighted by Gasteiger charge is 2.27. The number of carbonyl (C=O) groups is 2. The first kappa shape index (κ1) is 19.1. The predicted octanol–water partition coefficient (Wildman–Crippen LogP) is 4.02. The van der Waals surface area contributed by atoms with Crippen LogP contribution >= 0.6 is 11.6 Å². The van der Waals surface area contributed by atoms with Gasteiger partial charge in [0.25, 0.3) is 0 Å². The summed E-state index contributed by atoms with van der Waals surface area (Å²) in [7, 11) is 0. The first-order chi connectivity index (χ1) is 13.0. The number of aromatic nitrogens is 1. The van der Waals surface area contributed by atoms with Crippen molar-refractivity contribution in [1.82, 2.24) is 9.88 Å². The maximum absolute atomic E-state index is 12.5. The minimum Gasteiger partial charge on any atom is -0.339 e. The number of benzene rings is 1. The van der Waals surface area contributed by atoms with Crippen molar-refractivity contribution >= 4 is 34.8 Å². The number of halogens is 1. The Morgan fingerprint density at radius 2 is 1.85 bits per heavy atom. The van der Waals surface area contributed by atoms with Gasteiger partial charge in [0.2, 0.25) is 11.8 Å². The molecule has 0 atom stereocenters. The fourth-order valence-corrected chi connectivity index (χ4v) is 3.21. The SMILES string of the molecule is C/C(=C\C(=O)N1CCC(C(=O)Nc2ccc(Cl)cn2)CC1)c1ccccc1. The molecule has 140 valence electrons. The van der Waals surface area contributed by atoms with Crippen LogP contribution in [0.3, 0.4) is 0 Å².